The number of rotatable bonds is 7. The van der Waals surface area contributed by atoms with Gasteiger partial charge in [0.25, 0.3) is 0 Å². The van der Waals surface area contributed by atoms with E-state index in [0.29, 0.717) is 29.8 Å². The number of likely N-dealkylation sites (N-methyl/N-ethyl adjacent to an activating group) is 1. The van der Waals surface area contributed by atoms with Crippen molar-refractivity contribution in [1.82, 2.24) is 15.3 Å². The van der Waals surface area contributed by atoms with Gasteiger partial charge >= 0.3 is 6.03 Å². The maximum absolute atomic E-state index is 13.1. The van der Waals surface area contributed by atoms with E-state index in [1.54, 1.807) is 49.9 Å². The maximum Gasteiger partial charge on any atom is 0.319 e. The minimum absolute atomic E-state index is 0.00870. The number of nitrogens with one attached hydrogen (secondary N) is 2. The van der Waals surface area contributed by atoms with Crippen LogP contribution in [0.2, 0.25) is 0 Å². The number of hydrogen-bond acceptors (Lipinski definition) is 7. The molecule has 1 atom stereocenters. The zero-order valence-electron chi connectivity index (χ0n) is 19.9. The molecule has 1 aromatic carbocycles. The SMILES string of the molecule is CN(C)C(=O)N(C)CC(=O)Nc1cccc(-c2ccc([C@@]3(CC(=O)NO)CCCCS3(=O)=O)s2)c1. The van der Waals surface area contributed by atoms with Crippen molar-refractivity contribution in [2.75, 3.05) is 38.8 Å². The third-order valence-corrected chi connectivity index (χ3v) is 10.0. The first-order valence-corrected chi connectivity index (χ1v) is 13.5. The Labute approximate surface area is 208 Å². The Kier molecular flexibility index (Phi) is 8.18. The van der Waals surface area contributed by atoms with Crippen LogP contribution < -0.4 is 10.8 Å². The number of benzene rings is 1. The van der Waals surface area contributed by atoms with Gasteiger partial charge in [-0.1, -0.05) is 18.6 Å². The number of nitrogens with zero attached hydrogens (tertiary/aromatic N) is 2. The van der Waals surface area contributed by atoms with Crippen molar-refractivity contribution in [3.05, 3.63) is 41.3 Å². The Bertz CT molecular complexity index is 1210. The molecule has 3 N–H and O–H groups in total. The number of urea groups is 1. The van der Waals surface area contributed by atoms with Crippen molar-refractivity contribution < 1.29 is 28.0 Å². The number of carbonyl (C=O) groups is 3. The van der Waals surface area contributed by atoms with Gasteiger partial charge in [-0.2, -0.15) is 0 Å². The van der Waals surface area contributed by atoms with Gasteiger partial charge in [-0.25, -0.2) is 18.7 Å². The van der Waals surface area contributed by atoms with Crippen molar-refractivity contribution >= 4 is 44.7 Å². The van der Waals surface area contributed by atoms with Gasteiger partial charge in [-0.3, -0.25) is 14.8 Å². The molecule has 190 valence electrons. The Morgan fingerprint density at radius 2 is 1.83 bits per heavy atom. The highest BCUT2D eigenvalue weighted by Gasteiger charge is 2.49. The highest BCUT2D eigenvalue weighted by atomic mass is 32.2. The lowest BCUT2D eigenvalue weighted by molar-refractivity contribution is -0.130. The van der Waals surface area contributed by atoms with Crippen LogP contribution in [0.4, 0.5) is 10.5 Å². The lowest BCUT2D eigenvalue weighted by Gasteiger charge is -2.35. The summed E-state index contributed by atoms with van der Waals surface area (Å²) in [7, 11) is 1.14. The Morgan fingerprint density at radius 1 is 1.09 bits per heavy atom. The zero-order chi connectivity index (χ0) is 25.8. The van der Waals surface area contributed by atoms with Gasteiger partial charge in [0.05, 0.1) is 12.2 Å². The molecule has 12 heteroatoms. The average molecular weight is 523 g/mol. The van der Waals surface area contributed by atoms with Gasteiger partial charge in [0, 0.05) is 36.6 Å². The molecule has 1 aliphatic rings. The second kappa shape index (κ2) is 10.8. The van der Waals surface area contributed by atoms with Gasteiger partial charge < -0.3 is 15.1 Å². The van der Waals surface area contributed by atoms with Crippen LogP contribution in [0, 0.1) is 0 Å². The van der Waals surface area contributed by atoms with Gasteiger partial charge in [0.1, 0.15) is 11.3 Å². The van der Waals surface area contributed by atoms with Crippen molar-refractivity contribution in [3.63, 3.8) is 0 Å². The number of carbonyl (C=O) groups excluding carboxylic acids is 3. The molecule has 2 aromatic rings. The predicted octanol–water partition coefficient (Wildman–Crippen LogP) is 2.66. The maximum atomic E-state index is 13.1. The molecule has 0 saturated carbocycles. The molecule has 1 aliphatic heterocycles. The number of amides is 4. The lowest BCUT2D eigenvalue weighted by Crippen LogP contribution is -2.43. The fraction of sp³-hybridized carbons (Fsp3) is 0.435. The highest BCUT2D eigenvalue weighted by Crippen LogP contribution is 2.47. The quantitative estimate of drug-likeness (QED) is 0.378. The number of hydrogen-bond donors (Lipinski definition) is 3. The van der Waals surface area contributed by atoms with Gasteiger partial charge in [-0.05, 0) is 42.7 Å². The summed E-state index contributed by atoms with van der Waals surface area (Å²) in [5, 5.41) is 11.8. The number of anilines is 1. The fourth-order valence-corrected chi connectivity index (χ4v) is 8.00. The Balaban J connectivity index is 1.84. The molecular weight excluding hydrogens is 492 g/mol. The number of hydroxylamine groups is 1. The molecular formula is C23H30N4O6S2. The normalized spacial score (nSPS) is 19.0. The summed E-state index contributed by atoms with van der Waals surface area (Å²) in [6.07, 6.45) is 1.16. The molecule has 1 fully saturated rings. The number of sulfone groups is 1. The fourth-order valence-electron chi connectivity index (χ4n) is 4.23. The minimum Gasteiger partial charge on any atom is -0.331 e. The van der Waals surface area contributed by atoms with Crippen molar-refractivity contribution in [1.29, 1.82) is 0 Å². The van der Waals surface area contributed by atoms with Crippen LogP contribution in [0.3, 0.4) is 0 Å². The van der Waals surface area contributed by atoms with Crippen molar-refractivity contribution in [2.45, 2.75) is 30.4 Å². The van der Waals surface area contributed by atoms with E-state index in [4.69, 9.17) is 5.21 Å². The second-order valence-corrected chi connectivity index (χ2v) is 12.3. The lowest BCUT2D eigenvalue weighted by atomic mass is 9.94. The summed E-state index contributed by atoms with van der Waals surface area (Å²) in [5.41, 5.74) is 2.87. The molecule has 0 aliphatic carbocycles. The smallest absolute Gasteiger partial charge is 0.319 e. The van der Waals surface area contributed by atoms with Crippen LogP contribution in [0.1, 0.15) is 30.6 Å². The van der Waals surface area contributed by atoms with Crippen LogP contribution >= 0.6 is 11.3 Å². The Morgan fingerprint density at radius 3 is 2.49 bits per heavy atom. The molecule has 10 nitrogen and oxygen atoms in total. The molecule has 4 amide bonds. The van der Waals surface area contributed by atoms with E-state index in [1.807, 2.05) is 6.07 Å². The van der Waals surface area contributed by atoms with Crippen molar-refractivity contribution in [2.24, 2.45) is 0 Å². The first-order chi connectivity index (χ1) is 16.5. The van der Waals surface area contributed by atoms with E-state index >= 15 is 0 Å². The van der Waals surface area contributed by atoms with E-state index in [-0.39, 0.29) is 30.7 Å². The summed E-state index contributed by atoms with van der Waals surface area (Å²) >= 11 is 1.28. The largest absolute Gasteiger partial charge is 0.331 e. The van der Waals surface area contributed by atoms with E-state index in [9.17, 15) is 22.8 Å². The average Bonchev–Trinajstić information content (AvgIpc) is 3.30. The van der Waals surface area contributed by atoms with E-state index in [2.05, 4.69) is 5.32 Å². The monoisotopic (exact) mass is 522 g/mol. The molecule has 0 unspecified atom stereocenters. The number of thiophene rings is 1. The molecule has 0 bridgehead atoms. The summed E-state index contributed by atoms with van der Waals surface area (Å²) in [5.74, 6) is -1.10. The van der Waals surface area contributed by atoms with Gasteiger partial charge in [0.2, 0.25) is 11.8 Å². The van der Waals surface area contributed by atoms with Gasteiger partial charge in [-0.15, -0.1) is 11.3 Å². The third-order valence-electron chi connectivity index (χ3n) is 5.99. The standard InChI is InChI=1S/C23H30N4O6S2/c1-26(2)22(30)27(3)15-21(29)24-17-8-6-7-16(13-17)18-9-10-19(34-18)23(14-20(28)25-31)11-4-5-12-35(23,32)33/h6-10,13,31H,4-5,11-12,14-15H2,1-3H3,(H,24,29)(H,25,28)/t23-/m0/s1. The van der Waals surface area contributed by atoms with Crippen LogP contribution in [0.25, 0.3) is 10.4 Å². The molecule has 35 heavy (non-hydrogen) atoms. The minimum atomic E-state index is -3.62. The molecule has 0 spiro atoms. The van der Waals surface area contributed by atoms with E-state index < -0.39 is 20.5 Å². The first kappa shape index (κ1) is 26.6. The molecule has 0 radical (unpaired) electrons. The summed E-state index contributed by atoms with van der Waals surface area (Å²) in [4.78, 5) is 40.4. The topological polar surface area (TPSA) is 136 Å². The molecule has 2 heterocycles. The summed E-state index contributed by atoms with van der Waals surface area (Å²) < 4.78 is 24.9. The molecule has 3 rings (SSSR count). The highest BCUT2D eigenvalue weighted by molar-refractivity contribution is 7.92. The zero-order valence-corrected chi connectivity index (χ0v) is 21.5. The predicted molar refractivity (Wildman–Crippen MR) is 134 cm³/mol. The summed E-state index contributed by atoms with van der Waals surface area (Å²) in [6, 6.07) is 10.3. The van der Waals surface area contributed by atoms with Crippen molar-refractivity contribution in [3.8, 4) is 10.4 Å². The second-order valence-electron chi connectivity index (χ2n) is 8.81. The molecule has 1 aromatic heterocycles. The van der Waals surface area contributed by atoms with Crippen LogP contribution in [0.15, 0.2) is 36.4 Å². The van der Waals surface area contributed by atoms with Crippen LogP contribution in [-0.2, 0) is 24.2 Å². The van der Waals surface area contributed by atoms with Crippen LogP contribution in [-0.4, -0.2) is 74.7 Å². The summed E-state index contributed by atoms with van der Waals surface area (Å²) in [6.45, 7) is -0.113. The van der Waals surface area contributed by atoms with Gasteiger partial charge in [0.15, 0.2) is 9.84 Å². The molecule has 1 saturated heterocycles. The van der Waals surface area contributed by atoms with E-state index in [0.717, 1.165) is 10.4 Å². The first-order valence-electron chi connectivity index (χ1n) is 11.1. The van der Waals surface area contributed by atoms with Crippen LogP contribution in [0.5, 0.6) is 0 Å². The third kappa shape index (κ3) is 5.82. The van der Waals surface area contributed by atoms with E-state index in [1.165, 1.54) is 28.2 Å². The Hall–Kier alpha value is -2.96.